The van der Waals surface area contributed by atoms with Gasteiger partial charge in [0.05, 0.1) is 19.3 Å². The second kappa shape index (κ2) is 6.78. The number of rotatable bonds is 5. The van der Waals surface area contributed by atoms with Crippen molar-refractivity contribution in [2.24, 2.45) is 0 Å². The molecule has 5 heteroatoms. The minimum atomic E-state index is -0.797. The summed E-state index contributed by atoms with van der Waals surface area (Å²) < 4.78 is 12.5. The van der Waals surface area contributed by atoms with Crippen molar-refractivity contribution in [2.75, 3.05) is 13.2 Å². The van der Waals surface area contributed by atoms with Crippen LogP contribution in [-0.2, 0) is 19.7 Å². The monoisotopic (exact) mass is 414 g/mol. The number of carbonyl (C=O) groups excluding carboxylic acids is 1. The minimum absolute atomic E-state index is 0.131. The van der Waals surface area contributed by atoms with Crippen molar-refractivity contribution >= 4 is 5.91 Å². The van der Waals surface area contributed by atoms with E-state index in [1.807, 2.05) is 11.0 Å². The molecule has 1 aromatic carbocycles. The van der Waals surface area contributed by atoms with Crippen LogP contribution in [0.3, 0.4) is 0 Å². The highest BCUT2D eigenvalue weighted by Crippen LogP contribution is 2.51. The van der Waals surface area contributed by atoms with Crippen LogP contribution in [0.15, 0.2) is 30.3 Å². The molecule has 5 nitrogen and oxygen atoms in total. The van der Waals surface area contributed by atoms with E-state index >= 15 is 0 Å². The number of ether oxygens (including phenoxy) is 2. The third kappa shape index (κ3) is 4.04. The first-order valence-electron chi connectivity index (χ1n) is 11.2. The Labute approximate surface area is 181 Å². The van der Waals surface area contributed by atoms with Gasteiger partial charge in [-0.15, -0.1) is 0 Å². The first-order valence-corrected chi connectivity index (χ1v) is 11.2. The van der Waals surface area contributed by atoms with E-state index in [1.54, 1.807) is 0 Å². The molecule has 0 aromatic heterocycles. The number of nitrogens with one attached hydrogen (secondary N) is 1. The summed E-state index contributed by atoms with van der Waals surface area (Å²) in [5, 5.41) is 3.70. The SMILES string of the molecule is CC1(C)CC2(CC(C)(C)N1)OC(C)(CC(C)(C)c1ccccc1)N(CC1CO1)C2=O. The van der Waals surface area contributed by atoms with Gasteiger partial charge >= 0.3 is 0 Å². The Balaban J connectivity index is 1.70. The van der Waals surface area contributed by atoms with Crippen molar-refractivity contribution < 1.29 is 14.3 Å². The topological polar surface area (TPSA) is 54.1 Å². The fraction of sp³-hybridized carbons (Fsp3) is 0.720. The molecule has 3 aliphatic heterocycles. The fourth-order valence-corrected chi connectivity index (χ4v) is 6.29. The van der Waals surface area contributed by atoms with Gasteiger partial charge in [-0.25, -0.2) is 0 Å². The minimum Gasteiger partial charge on any atom is -0.371 e. The van der Waals surface area contributed by atoms with E-state index in [2.05, 4.69) is 78.0 Å². The highest BCUT2D eigenvalue weighted by Gasteiger charge is 2.64. The zero-order valence-corrected chi connectivity index (χ0v) is 19.7. The van der Waals surface area contributed by atoms with Crippen molar-refractivity contribution in [3.63, 3.8) is 0 Å². The maximum absolute atomic E-state index is 14.0. The zero-order valence-electron chi connectivity index (χ0n) is 19.7. The number of hydrogen-bond donors (Lipinski definition) is 1. The van der Waals surface area contributed by atoms with E-state index in [9.17, 15) is 4.79 Å². The molecule has 0 saturated carbocycles. The summed E-state index contributed by atoms with van der Waals surface area (Å²) in [4.78, 5) is 16.0. The van der Waals surface area contributed by atoms with E-state index in [-0.39, 0.29) is 28.5 Å². The predicted molar refractivity (Wildman–Crippen MR) is 118 cm³/mol. The van der Waals surface area contributed by atoms with Gasteiger partial charge in [0.1, 0.15) is 5.72 Å². The molecule has 1 amide bonds. The number of carbonyl (C=O) groups is 1. The number of benzene rings is 1. The van der Waals surface area contributed by atoms with Crippen LogP contribution in [0.5, 0.6) is 0 Å². The van der Waals surface area contributed by atoms with Gasteiger partial charge in [-0.3, -0.25) is 4.79 Å². The van der Waals surface area contributed by atoms with Crippen molar-refractivity contribution in [3.05, 3.63) is 35.9 Å². The lowest BCUT2D eigenvalue weighted by Crippen LogP contribution is -2.65. The van der Waals surface area contributed by atoms with Crippen molar-refractivity contribution in [2.45, 2.75) is 102 Å². The van der Waals surface area contributed by atoms with Crippen LogP contribution in [0.4, 0.5) is 0 Å². The van der Waals surface area contributed by atoms with E-state index in [4.69, 9.17) is 9.47 Å². The molecule has 1 N–H and O–H groups in total. The van der Waals surface area contributed by atoms with Gasteiger partial charge in [-0.05, 0) is 45.6 Å². The molecule has 3 fully saturated rings. The van der Waals surface area contributed by atoms with Gasteiger partial charge in [0.25, 0.3) is 5.91 Å². The van der Waals surface area contributed by atoms with Crippen LogP contribution in [-0.4, -0.2) is 52.5 Å². The van der Waals surface area contributed by atoms with Crippen LogP contribution >= 0.6 is 0 Å². The van der Waals surface area contributed by atoms with E-state index in [0.717, 1.165) is 13.0 Å². The summed E-state index contributed by atoms with van der Waals surface area (Å²) in [5.74, 6) is 0.131. The molecule has 30 heavy (non-hydrogen) atoms. The fourth-order valence-electron chi connectivity index (χ4n) is 6.29. The van der Waals surface area contributed by atoms with Crippen LogP contribution in [0.25, 0.3) is 0 Å². The number of nitrogens with zero attached hydrogens (tertiary/aromatic N) is 1. The maximum atomic E-state index is 14.0. The molecule has 0 bridgehead atoms. The number of hydrogen-bond acceptors (Lipinski definition) is 4. The Morgan fingerprint density at radius 2 is 1.63 bits per heavy atom. The molecule has 1 spiro atoms. The average Bonchev–Trinajstić information content (AvgIpc) is 3.37. The molecule has 2 atom stereocenters. The molecule has 0 radical (unpaired) electrons. The molecule has 3 saturated heterocycles. The molecule has 3 aliphatic rings. The summed E-state index contributed by atoms with van der Waals surface area (Å²) >= 11 is 0. The number of amides is 1. The average molecular weight is 415 g/mol. The molecular weight excluding hydrogens is 376 g/mol. The molecule has 1 aromatic rings. The maximum Gasteiger partial charge on any atom is 0.257 e. The molecule has 2 unspecified atom stereocenters. The third-order valence-corrected chi connectivity index (χ3v) is 6.87. The van der Waals surface area contributed by atoms with Crippen LogP contribution in [0.1, 0.15) is 73.3 Å². The van der Waals surface area contributed by atoms with Gasteiger partial charge in [-0.1, -0.05) is 44.2 Å². The van der Waals surface area contributed by atoms with Crippen LogP contribution < -0.4 is 5.32 Å². The lowest BCUT2D eigenvalue weighted by atomic mass is 9.72. The Morgan fingerprint density at radius 1 is 1.07 bits per heavy atom. The lowest BCUT2D eigenvalue weighted by Gasteiger charge is -2.50. The van der Waals surface area contributed by atoms with Gasteiger partial charge in [-0.2, -0.15) is 0 Å². The van der Waals surface area contributed by atoms with E-state index < -0.39 is 11.3 Å². The predicted octanol–water partition coefficient (Wildman–Crippen LogP) is 4.01. The first-order chi connectivity index (χ1) is 13.8. The summed E-state index contributed by atoms with van der Waals surface area (Å²) in [6.45, 7) is 16.6. The Bertz CT molecular complexity index is 797. The summed E-state index contributed by atoms with van der Waals surface area (Å²) in [5.41, 5.74) is -0.710. The van der Waals surface area contributed by atoms with Crippen molar-refractivity contribution in [3.8, 4) is 0 Å². The van der Waals surface area contributed by atoms with Gasteiger partial charge in [0.2, 0.25) is 0 Å². The largest absolute Gasteiger partial charge is 0.371 e. The molecule has 3 heterocycles. The van der Waals surface area contributed by atoms with E-state index in [1.165, 1.54) is 5.56 Å². The quantitative estimate of drug-likeness (QED) is 0.740. The Hall–Kier alpha value is -1.43. The molecule has 166 valence electrons. The number of piperidine rings is 1. The zero-order chi connectivity index (χ0) is 22.0. The highest BCUT2D eigenvalue weighted by molar-refractivity contribution is 5.88. The summed E-state index contributed by atoms with van der Waals surface area (Å²) in [6.07, 6.45) is 2.21. The van der Waals surface area contributed by atoms with E-state index in [0.29, 0.717) is 19.4 Å². The summed E-state index contributed by atoms with van der Waals surface area (Å²) in [7, 11) is 0. The standard InChI is InChI=1S/C25H38N2O3/c1-21(2,18-11-9-8-10-12-18)15-24(7)27(13-19-14-29-19)20(28)25(30-24)16-22(3,4)26-23(5,6)17-25/h8-12,19,26H,13-17H2,1-7H3. The van der Waals surface area contributed by atoms with Crippen LogP contribution in [0, 0.1) is 0 Å². The molecular formula is C25H38N2O3. The van der Waals surface area contributed by atoms with Gasteiger partial charge < -0.3 is 19.7 Å². The molecule has 0 aliphatic carbocycles. The third-order valence-electron chi connectivity index (χ3n) is 6.87. The second-order valence-electron chi connectivity index (χ2n) is 11.8. The molecule has 4 rings (SSSR count). The number of epoxide rings is 1. The van der Waals surface area contributed by atoms with Crippen molar-refractivity contribution in [1.29, 1.82) is 0 Å². The first kappa shape index (κ1) is 21.8. The Morgan fingerprint density at radius 3 is 2.17 bits per heavy atom. The highest BCUT2D eigenvalue weighted by atomic mass is 16.6. The second-order valence-corrected chi connectivity index (χ2v) is 11.8. The smallest absolute Gasteiger partial charge is 0.257 e. The van der Waals surface area contributed by atoms with Crippen LogP contribution in [0.2, 0.25) is 0 Å². The van der Waals surface area contributed by atoms with Gasteiger partial charge in [0, 0.05) is 30.3 Å². The Kier molecular flexibility index (Phi) is 4.93. The lowest BCUT2D eigenvalue weighted by molar-refractivity contribution is -0.169. The van der Waals surface area contributed by atoms with Crippen molar-refractivity contribution in [1.82, 2.24) is 10.2 Å². The normalized spacial score (nSPS) is 31.9. The summed E-state index contributed by atoms with van der Waals surface area (Å²) in [6, 6.07) is 10.5. The van der Waals surface area contributed by atoms with Gasteiger partial charge in [0.15, 0.2) is 5.60 Å².